The van der Waals surface area contributed by atoms with Gasteiger partial charge in [-0.1, -0.05) is 12.1 Å². The molecule has 3 rings (SSSR count). The minimum Gasteiger partial charge on any atom is -0.463 e. The SMILES string of the molecule is CCOC(=O)C1=C(COC(=O)c2ccccn2)NC(=O)NC1c1cccs1. The van der Waals surface area contributed by atoms with Crippen molar-refractivity contribution in [2.75, 3.05) is 13.2 Å². The third-order valence-corrected chi connectivity index (χ3v) is 4.64. The third-order valence-electron chi connectivity index (χ3n) is 3.70. The van der Waals surface area contributed by atoms with Crippen molar-refractivity contribution in [1.29, 1.82) is 0 Å². The average Bonchev–Trinajstić information content (AvgIpc) is 3.21. The van der Waals surface area contributed by atoms with Crippen LogP contribution in [0, 0.1) is 0 Å². The molecular weight excluding hydrogens is 370 g/mol. The minimum absolute atomic E-state index is 0.130. The topological polar surface area (TPSA) is 107 Å². The van der Waals surface area contributed by atoms with Gasteiger partial charge in [-0.2, -0.15) is 0 Å². The molecule has 1 atom stereocenters. The number of thiophene rings is 1. The monoisotopic (exact) mass is 387 g/mol. The van der Waals surface area contributed by atoms with Crippen LogP contribution in [0.5, 0.6) is 0 Å². The first-order chi connectivity index (χ1) is 13.1. The van der Waals surface area contributed by atoms with Crippen molar-refractivity contribution in [3.63, 3.8) is 0 Å². The van der Waals surface area contributed by atoms with Crippen LogP contribution < -0.4 is 10.6 Å². The molecule has 9 heteroatoms. The molecule has 0 bridgehead atoms. The Morgan fingerprint density at radius 1 is 1.19 bits per heavy atom. The number of esters is 2. The fourth-order valence-corrected chi connectivity index (χ4v) is 3.33. The Morgan fingerprint density at radius 3 is 2.70 bits per heavy atom. The quantitative estimate of drug-likeness (QED) is 0.736. The smallest absolute Gasteiger partial charge is 0.357 e. The lowest BCUT2D eigenvalue weighted by Gasteiger charge is -2.28. The predicted octanol–water partition coefficient (Wildman–Crippen LogP) is 2.17. The second-order valence-electron chi connectivity index (χ2n) is 5.45. The van der Waals surface area contributed by atoms with Gasteiger partial charge in [0.25, 0.3) is 0 Å². The number of carbonyl (C=O) groups is 3. The van der Waals surface area contributed by atoms with Crippen LogP contribution in [0.1, 0.15) is 28.3 Å². The van der Waals surface area contributed by atoms with Crippen molar-refractivity contribution in [2.24, 2.45) is 0 Å². The normalized spacial score (nSPS) is 16.3. The summed E-state index contributed by atoms with van der Waals surface area (Å²) in [5.74, 6) is -1.25. The van der Waals surface area contributed by atoms with Crippen LogP contribution in [0.2, 0.25) is 0 Å². The molecule has 0 radical (unpaired) electrons. The molecule has 0 spiro atoms. The number of urea groups is 1. The molecule has 3 heterocycles. The maximum atomic E-state index is 12.5. The van der Waals surface area contributed by atoms with Crippen LogP contribution in [0.25, 0.3) is 0 Å². The van der Waals surface area contributed by atoms with E-state index in [1.807, 2.05) is 11.4 Å². The predicted molar refractivity (Wildman–Crippen MR) is 96.9 cm³/mol. The molecule has 140 valence electrons. The summed E-state index contributed by atoms with van der Waals surface area (Å²) in [5, 5.41) is 7.09. The van der Waals surface area contributed by atoms with Crippen LogP contribution in [0.3, 0.4) is 0 Å². The van der Waals surface area contributed by atoms with Crippen LogP contribution in [0.4, 0.5) is 4.79 Å². The maximum Gasteiger partial charge on any atom is 0.357 e. The van der Waals surface area contributed by atoms with E-state index in [-0.39, 0.29) is 30.2 Å². The largest absolute Gasteiger partial charge is 0.463 e. The Hall–Kier alpha value is -3.20. The average molecular weight is 387 g/mol. The van der Waals surface area contributed by atoms with E-state index in [2.05, 4.69) is 15.6 Å². The molecule has 1 unspecified atom stereocenters. The summed E-state index contributed by atoms with van der Waals surface area (Å²) in [6, 6.07) is 7.29. The molecule has 1 aliphatic heterocycles. The van der Waals surface area contributed by atoms with E-state index in [4.69, 9.17) is 9.47 Å². The fourth-order valence-electron chi connectivity index (χ4n) is 2.55. The van der Waals surface area contributed by atoms with Crippen LogP contribution in [0.15, 0.2) is 53.2 Å². The number of pyridine rings is 1. The highest BCUT2D eigenvalue weighted by Gasteiger charge is 2.34. The van der Waals surface area contributed by atoms with Gasteiger partial charge in [0.1, 0.15) is 12.3 Å². The first kappa shape index (κ1) is 18.6. The molecule has 27 heavy (non-hydrogen) atoms. The van der Waals surface area contributed by atoms with Crippen molar-refractivity contribution in [2.45, 2.75) is 13.0 Å². The Morgan fingerprint density at radius 2 is 2.04 bits per heavy atom. The van der Waals surface area contributed by atoms with Gasteiger partial charge in [-0.25, -0.2) is 19.4 Å². The van der Waals surface area contributed by atoms with Crippen LogP contribution in [-0.2, 0) is 14.3 Å². The van der Waals surface area contributed by atoms with Gasteiger partial charge < -0.3 is 20.1 Å². The molecule has 0 aliphatic carbocycles. The second-order valence-corrected chi connectivity index (χ2v) is 6.43. The number of ether oxygens (including phenoxy) is 2. The Labute approximate surface area is 159 Å². The highest BCUT2D eigenvalue weighted by Crippen LogP contribution is 2.30. The lowest BCUT2D eigenvalue weighted by Crippen LogP contribution is -2.46. The molecule has 0 fully saturated rings. The first-order valence-electron chi connectivity index (χ1n) is 8.19. The van der Waals surface area contributed by atoms with Gasteiger partial charge in [-0.05, 0) is 30.5 Å². The lowest BCUT2D eigenvalue weighted by molar-refractivity contribution is -0.139. The second kappa shape index (κ2) is 8.45. The van der Waals surface area contributed by atoms with Crippen molar-refractivity contribution >= 4 is 29.3 Å². The molecule has 0 saturated heterocycles. The summed E-state index contributed by atoms with van der Waals surface area (Å²) in [6.45, 7) is 1.57. The molecule has 0 saturated carbocycles. The van der Waals surface area contributed by atoms with E-state index in [1.165, 1.54) is 23.6 Å². The maximum absolute atomic E-state index is 12.5. The van der Waals surface area contributed by atoms with E-state index in [1.54, 1.807) is 25.1 Å². The van der Waals surface area contributed by atoms with E-state index in [0.29, 0.717) is 0 Å². The van der Waals surface area contributed by atoms with E-state index >= 15 is 0 Å². The Kier molecular flexibility index (Phi) is 5.82. The fraction of sp³-hybridized carbons (Fsp3) is 0.222. The van der Waals surface area contributed by atoms with Gasteiger partial charge in [0.05, 0.1) is 23.9 Å². The molecule has 2 aromatic rings. The van der Waals surface area contributed by atoms with E-state index in [9.17, 15) is 14.4 Å². The Bertz CT molecular complexity index is 864. The summed E-state index contributed by atoms with van der Waals surface area (Å²) < 4.78 is 10.4. The minimum atomic E-state index is -0.679. The number of rotatable bonds is 6. The molecular formula is C18H17N3O5S. The number of hydrogen-bond donors (Lipinski definition) is 2. The highest BCUT2D eigenvalue weighted by molar-refractivity contribution is 7.10. The number of amides is 2. The lowest BCUT2D eigenvalue weighted by atomic mass is 10.0. The summed E-state index contributed by atoms with van der Waals surface area (Å²) >= 11 is 1.39. The molecule has 2 aromatic heterocycles. The number of nitrogens with zero attached hydrogens (tertiary/aromatic N) is 1. The van der Waals surface area contributed by atoms with Crippen molar-refractivity contribution in [1.82, 2.24) is 15.6 Å². The van der Waals surface area contributed by atoms with Gasteiger partial charge in [-0.3, -0.25) is 0 Å². The summed E-state index contributed by atoms with van der Waals surface area (Å²) in [7, 11) is 0. The number of carbonyl (C=O) groups excluding carboxylic acids is 3. The van der Waals surface area contributed by atoms with Gasteiger partial charge >= 0.3 is 18.0 Å². The van der Waals surface area contributed by atoms with E-state index < -0.39 is 24.0 Å². The van der Waals surface area contributed by atoms with Gasteiger partial charge in [0.15, 0.2) is 0 Å². The van der Waals surface area contributed by atoms with Crippen molar-refractivity contribution in [3.8, 4) is 0 Å². The molecule has 2 amide bonds. The molecule has 1 aliphatic rings. The highest BCUT2D eigenvalue weighted by atomic mass is 32.1. The zero-order valence-corrected chi connectivity index (χ0v) is 15.2. The number of nitrogens with one attached hydrogen (secondary N) is 2. The summed E-state index contributed by atoms with van der Waals surface area (Å²) in [4.78, 5) is 41.4. The van der Waals surface area contributed by atoms with Crippen molar-refractivity contribution in [3.05, 3.63) is 63.7 Å². The number of aromatic nitrogens is 1. The number of hydrogen-bond acceptors (Lipinski definition) is 7. The molecule has 2 N–H and O–H groups in total. The van der Waals surface area contributed by atoms with Gasteiger partial charge in [-0.15, -0.1) is 11.3 Å². The third kappa shape index (κ3) is 4.32. The van der Waals surface area contributed by atoms with E-state index in [0.717, 1.165) is 4.88 Å². The van der Waals surface area contributed by atoms with Crippen LogP contribution in [-0.4, -0.2) is 36.2 Å². The van der Waals surface area contributed by atoms with Crippen LogP contribution >= 0.6 is 11.3 Å². The summed E-state index contributed by atoms with van der Waals surface area (Å²) in [5.41, 5.74) is 0.512. The molecule has 0 aromatic carbocycles. The molecule has 8 nitrogen and oxygen atoms in total. The Balaban J connectivity index is 1.88. The van der Waals surface area contributed by atoms with Gasteiger partial charge in [0, 0.05) is 11.1 Å². The zero-order valence-electron chi connectivity index (χ0n) is 14.4. The first-order valence-corrected chi connectivity index (χ1v) is 9.07. The standard InChI is InChI=1S/C18H17N3O5S/c1-2-25-17(23)14-12(10-26-16(22)11-6-3-4-8-19-11)20-18(24)21-15(14)13-7-5-9-27-13/h3-9,15H,2,10H2,1H3,(H2,20,21,24). The van der Waals surface area contributed by atoms with Gasteiger partial charge in [0.2, 0.25) is 0 Å². The summed E-state index contributed by atoms with van der Waals surface area (Å²) in [6.07, 6.45) is 1.47. The van der Waals surface area contributed by atoms with Crippen molar-refractivity contribution < 1.29 is 23.9 Å². The zero-order chi connectivity index (χ0) is 19.2.